The summed E-state index contributed by atoms with van der Waals surface area (Å²) in [5.41, 5.74) is 1.95. The molecule has 0 spiro atoms. The van der Waals surface area contributed by atoms with Gasteiger partial charge in [0.05, 0.1) is 31.9 Å². The summed E-state index contributed by atoms with van der Waals surface area (Å²) in [7, 11) is 4.71. The highest BCUT2D eigenvalue weighted by molar-refractivity contribution is 6.33. The van der Waals surface area contributed by atoms with E-state index in [0.29, 0.717) is 47.2 Å². The van der Waals surface area contributed by atoms with Gasteiger partial charge < -0.3 is 24.4 Å². The molecular weight excluding hydrogens is 480 g/mol. The van der Waals surface area contributed by atoms with Crippen LogP contribution < -0.4 is 19.5 Å². The number of ether oxygens (including phenoxy) is 3. The maximum atomic E-state index is 13.4. The van der Waals surface area contributed by atoms with E-state index in [4.69, 9.17) is 25.8 Å². The van der Waals surface area contributed by atoms with Crippen molar-refractivity contribution < 1.29 is 23.8 Å². The largest absolute Gasteiger partial charge is 0.497 e. The van der Waals surface area contributed by atoms with Gasteiger partial charge in [0.15, 0.2) is 11.5 Å². The van der Waals surface area contributed by atoms with Gasteiger partial charge in [0.1, 0.15) is 5.75 Å². The van der Waals surface area contributed by atoms with Crippen LogP contribution in [-0.4, -0.2) is 57.2 Å². The van der Waals surface area contributed by atoms with Crippen molar-refractivity contribution in [3.05, 3.63) is 88.4 Å². The molecule has 4 rings (SSSR count). The molecule has 0 saturated carbocycles. The van der Waals surface area contributed by atoms with Crippen molar-refractivity contribution in [1.82, 2.24) is 10.2 Å². The molecule has 8 heteroatoms. The number of carbonyl (C=O) groups excluding carboxylic acids is 2. The van der Waals surface area contributed by atoms with E-state index < -0.39 is 0 Å². The van der Waals surface area contributed by atoms with Gasteiger partial charge in [-0.25, -0.2) is 0 Å². The van der Waals surface area contributed by atoms with E-state index in [1.807, 2.05) is 29.2 Å². The molecule has 1 fully saturated rings. The second-order valence-corrected chi connectivity index (χ2v) is 8.96. The molecule has 1 aliphatic heterocycles. The quantitative estimate of drug-likeness (QED) is 0.496. The van der Waals surface area contributed by atoms with Crippen molar-refractivity contribution >= 4 is 23.4 Å². The van der Waals surface area contributed by atoms with Crippen molar-refractivity contribution in [3.8, 4) is 17.2 Å². The lowest BCUT2D eigenvalue weighted by molar-refractivity contribution is 0.0671. The second-order valence-electron chi connectivity index (χ2n) is 8.55. The summed E-state index contributed by atoms with van der Waals surface area (Å²) in [6.07, 6.45) is 0.589. The lowest BCUT2D eigenvalue weighted by Crippen LogP contribution is -2.51. The monoisotopic (exact) mass is 508 g/mol. The van der Waals surface area contributed by atoms with Crippen molar-refractivity contribution in [3.63, 3.8) is 0 Å². The molecule has 36 heavy (non-hydrogen) atoms. The molecule has 7 nitrogen and oxygen atoms in total. The smallest absolute Gasteiger partial charge is 0.254 e. The summed E-state index contributed by atoms with van der Waals surface area (Å²) in [5.74, 6) is 1.34. The number of nitrogens with zero attached hydrogens (tertiary/aromatic N) is 1. The van der Waals surface area contributed by atoms with Crippen LogP contribution in [0.3, 0.4) is 0 Å². The van der Waals surface area contributed by atoms with Gasteiger partial charge in [0.25, 0.3) is 11.8 Å². The molecule has 0 radical (unpaired) electrons. The van der Waals surface area contributed by atoms with Crippen LogP contribution in [0.1, 0.15) is 38.6 Å². The highest BCUT2D eigenvalue weighted by atomic mass is 35.5. The minimum Gasteiger partial charge on any atom is -0.497 e. The van der Waals surface area contributed by atoms with E-state index in [9.17, 15) is 9.59 Å². The van der Waals surface area contributed by atoms with E-state index in [0.717, 1.165) is 11.3 Å². The second kappa shape index (κ2) is 11.4. The standard InChI is InChI=1S/C28H29ClN2O5/c1-34-20-11-8-18(9-12-20)22-17-31(28(33)19-10-13-25(35-2)26(16-19)36-3)15-14-24(22)30-27(32)21-6-4-5-7-23(21)29/h4-13,16,22,24H,14-15,17H2,1-3H3,(H,30,32)/t22-,24+/m0/s1. The normalized spacial score (nSPS) is 17.3. The summed E-state index contributed by atoms with van der Waals surface area (Å²) >= 11 is 6.26. The molecule has 1 heterocycles. The number of piperidine rings is 1. The first-order valence-corrected chi connectivity index (χ1v) is 12.0. The molecule has 0 aromatic heterocycles. The third-order valence-corrected chi connectivity index (χ3v) is 6.84. The van der Waals surface area contributed by atoms with Gasteiger partial charge in [-0.2, -0.15) is 0 Å². The van der Waals surface area contributed by atoms with Crippen molar-refractivity contribution in [2.75, 3.05) is 34.4 Å². The molecule has 1 N–H and O–H groups in total. The van der Waals surface area contributed by atoms with Crippen LogP contribution in [-0.2, 0) is 0 Å². The van der Waals surface area contributed by atoms with E-state index in [2.05, 4.69) is 5.32 Å². The van der Waals surface area contributed by atoms with E-state index >= 15 is 0 Å². The van der Waals surface area contributed by atoms with E-state index in [-0.39, 0.29) is 23.8 Å². The maximum Gasteiger partial charge on any atom is 0.254 e. The third kappa shape index (κ3) is 5.41. The Kier molecular flexibility index (Phi) is 8.00. The lowest BCUT2D eigenvalue weighted by atomic mass is 9.85. The van der Waals surface area contributed by atoms with Crippen molar-refractivity contribution in [2.24, 2.45) is 0 Å². The molecule has 1 saturated heterocycles. The highest BCUT2D eigenvalue weighted by Crippen LogP contribution is 2.32. The topological polar surface area (TPSA) is 77.1 Å². The molecule has 3 aromatic rings. The molecule has 3 aromatic carbocycles. The van der Waals surface area contributed by atoms with Crippen LogP contribution in [0.2, 0.25) is 5.02 Å². The summed E-state index contributed by atoms with van der Waals surface area (Å²) in [6, 6.07) is 19.7. The van der Waals surface area contributed by atoms with E-state index in [1.54, 1.807) is 63.8 Å². The molecule has 1 aliphatic rings. The summed E-state index contributed by atoms with van der Waals surface area (Å²) in [4.78, 5) is 28.3. The van der Waals surface area contributed by atoms with Gasteiger partial charge in [-0.3, -0.25) is 9.59 Å². The molecule has 188 valence electrons. The Hall–Kier alpha value is -3.71. The zero-order valence-electron chi connectivity index (χ0n) is 20.5. The van der Waals surface area contributed by atoms with Crippen molar-refractivity contribution in [2.45, 2.75) is 18.4 Å². The number of hydrogen-bond acceptors (Lipinski definition) is 5. The van der Waals surface area contributed by atoms with Crippen LogP contribution >= 0.6 is 11.6 Å². The Morgan fingerprint density at radius 3 is 2.31 bits per heavy atom. The van der Waals surface area contributed by atoms with Gasteiger partial charge in [-0.1, -0.05) is 35.9 Å². The lowest BCUT2D eigenvalue weighted by Gasteiger charge is -2.39. The predicted octanol–water partition coefficient (Wildman–Crippen LogP) is 4.79. The summed E-state index contributed by atoms with van der Waals surface area (Å²) in [6.45, 7) is 0.931. The number of methoxy groups -OCH3 is 3. The zero-order valence-corrected chi connectivity index (χ0v) is 21.2. The van der Waals surface area contributed by atoms with Crippen molar-refractivity contribution in [1.29, 1.82) is 0 Å². The highest BCUT2D eigenvalue weighted by Gasteiger charge is 2.34. The number of rotatable bonds is 7. The average Bonchev–Trinajstić information content (AvgIpc) is 2.92. The Labute approximate surface area is 215 Å². The molecular formula is C28H29ClN2O5. The first kappa shape index (κ1) is 25.4. The number of hydrogen-bond donors (Lipinski definition) is 1. The minimum atomic E-state index is -0.233. The fourth-order valence-electron chi connectivity index (χ4n) is 4.54. The van der Waals surface area contributed by atoms with Gasteiger partial charge in [0.2, 0.25) is 0 Å². The predicted molar refractivity (Wildman–Crippen MR) is 139 cm³/mol. The summed E-state index contributed by atoms with van der Waals surface area (Å²) < 4.78 is 16.0. The molecule has 0 aliphatic carbocycles. The average molecular weight is 509 g/mol. The van der Waals surface area contributed by atoms with Gasteiger partial charge >= 0.3 is 0 Å². The van der Waals surface area contributed by atoms with Gasteiger partial charge in [-0.15, -0.1) is 0 Å². The van der Waals surface area contributed by atoms with Crippen LogP contribution in [0.15, 0.2) is 66.7 Å². The van der Waals surface area contributed by atoms with E-state index in [1.165, 1.54) is 0 Å². The van der Waals surface area contributed by atoms with Crippen LogP contribution in [0, 0.1) is 0 Å². The fourth-order valence-corrected chi connectivity index (χ4v) is 4.76. The number of carbonyl (C=O) groups is 2. The number of amides is 2. The maximum absolute atomic E-state index is 13.4. The fraction of sp³-hybridized carbons (Fsp3) is 0.286. The Balaban J connectivity index is 1.59. The summed E-state index contributed by atoms with van der Waals surface area (Å²) in [5, 5.41) is 3.56. The van der Waals surface area contributed by atoms with Gasteiger partial charge in [0, 0.05) is 30.6 Å². The number of nitrogens with one attached hydrogen (secondary N) is 1. The molecule has 0 unspecified atom stereocenters. The van der Waals surface area contributed by atoms with Gasteiger partial charge in [-0.05, 0) is 54.4 Å². The molecule has 2 atom stereocenters. The van der Waals surface area contributed by atoms with Crippen LogP contribution in [0.4, 0.5) is 0 Å². The Morgan fingerprint density at radius 2 is 1.64 bits per heavy atom. The Morgan fingerprint density at radius 1 is 0.917 bits per heavy atom. The first-order valence-electron chi connectivity index (χ1n) is 11.7. The number of benzene rings is 3. The Bertz CT molecular complexity index is 1230. The zero-order chi connectivity index (χ0) is 25.7. The minimum absolute atomic E-state index is 0.106. The SMILES string of the molecule is COc1ccc([C@@H]2CN(C(=O)c3ccc(OC)c(OC)c3)CC[C@H]2NC(=O)c2ccccc2Cl)cc1. The van der Waals surface area contributed by atoms with Crippen LogP contribution in [0.25, 0.3) is 0 Å². The first-order chi connectivity index (χ1) is 17.4. The third-order valence-electron chi connectivity index (χ3n) is 6.51. The molecule has 0 bridgehead atoms. The number of halogens is 1. The number of likely N-dealkylation sites (tertiary alicyclic amines) is 1. The molecule has 2 amide bonds. The van der Waals surface area contributed by atoms with Crippen LogP contribution in [0.5, 0.6) is 17.2 Å².